The van der Waals surface area contributed by atoms with Crippen molar-refractivity contribution in [3.8, 4) is 0 Å². The molecule has 2 N–H and O–H groups in total. The van der Waals surface area contributed by atoms with E-state index in [-0.39, 0.29) is 12.5 Å². The Labute approximate surface area is 112 Å². The van der Waals surface area contributed by atoms with Crippen molar-refractivity contribution in [2.24, 2.45) is 0 Å². The van der Waals surface area contributed by atoms with Crippen LogP contribution in [0.4, 0.5) is 0 Å². The molecule has 2 saturated heterocycles. The minimum absolute atomic E-state index is 0.0546. The van der Waals surface area contributed by atoms with E-state index in [4.69, 9.17) is 0 Å². The van der Waals surface area contributed by atoms with Crippen LogP contribution < -0.4 is 10.6 Å². The van der Waals surface area contributed by atoms with E-state index in [1.54, 1.807) is 13.8 Å². The van der Waals surface area contributed by atoms with Gasteiger partial charge in [0.1, 0.15) is 12.1 Å². The second-order valence-corrected chi connectivity index (χ2v) is 5.79. The summed E-state index contributed by atoms with van der Waals surface area (Å²) in [5, 5.41) is 5.53. The summed E-state index contributed by atoms with van der Waals surface area (Å²) in [6, 6.07) is 0. The number of hydrogen-bond donors (Lipinski definition) is 2. The van der Waals surface area contributed by atoms with Gasteiger partial charge in [0, 0.05) is 0 Å². The quantitative estimate of drug-likeness (QED) is 0.678. The van der Waals surface area contributed by atoms with Crippen LogP contribution in [0.1, 0.15) is 40.0 Å². The summed E-state index contributed by atoms with van der Waals surface area (Å²) in [7, 11) is 0. The van der Waals surface area contributed by atoms with Crippen molar-refractivity contribution < 1.29 is 14.4 Å². The van der Waals surface area contributed by atoms with Gasteiger partial charge in [-0.2, -0.15) is 0 Å². The summed E-state index contributed by atoms with van der Waals surface area (Å²) < 4.78 is 0. The molecule has 0 radical (unpaired) electrons. The number of hydrogen-bond acceptors (Lipinski definition) is 4. The molecule has 0 aromatic rings. The summed E-state index contributed by atoms with van der Waals surface area (Å²) in [5.41, 5.74) is -1.60. The van der Waals surface area contributed by atoms with Crippen molar-refractivity contribution in [1.82, 2.24) is 15.5 Å². The third-order valence-corrected chi connectivity index (χ3v) is 4.29. The van der Waals surface area contributed by atoms with Crippen LogP contribution in [0.2, 0.25) is 0 Å². The molecule has 0 aliphatic carbocycles. The molecule has 0 aromatic heterocycles. The molecular weight excluding hydrogens is 246 g/mol. The van der Waals surface area contributed by atoms with Gasteiger partial charge in [0.15, 0.2) is 0 Å². The van der Waals surface area contributed by atoms with Crippen molar-refractivity contribution in [3.63, 3.8) is 0 Å². The van der Waals surface area contributed by atoms with Crippen LogP contribution in [0.15, 0.2) is 0 Å². The Morgan fingerprint density at radius 1 is 1.37 bits per heavy atom. The van der Waals surface area contributed by atoms with Gasteiger partial charge in [0.2, 0.25) is 11.8 Å². The van der Waals surface area contributed by atoms with E-state index in [0.29, 0.717) is 6.42 Å². The molecule has 0 spiro atoms. The van der Waals surface area contributed by atoms with Gasteiger partial charge in [0.25, 0.3) is 5.91 Å². The lowest BCUT2D eigenvalue weighted by molar-refractivity contribution is -0.159. The number of nitrogens with one attached hydrogen (secondary N) is 2. The van der Waals surface area contributed by atoms with E-state index in [1.807, 2.05) is 6.92 Å². The Morgan fingerprint density at radius 2 is 2.05 bits per heavy atom. The van der Waals surface area contributed by atoms with Gasteiger partial charge in [0.05, 0.1) is 5.54 Å². The predicted molar refractivity (Wildman–Crippen MR) is 69.2 cm³/mol. The largest absolute Gasteiger partial charge is 0.318 e. The summed E-state index contributed by atoms with van der Waals surface area (Å²) in [4.78, 5) is 37.6. The van der Waals surface area contributed by atoms with Gasteiger partial charge in [-0.1, -0.05) is 6.92 Å². The number of rotatable bonds is 2. The molecule has 1 atom stereocenters. The van der Waals surface area contributed by atoms with E-state index in [2.05, 4.69) is 10.6 Å². The summed E-state index contributed by atoms with van der Waals surface area (Å²) in [6.45, 7) is 6.04. The minimum atomic E-state index is -0.989. The third kappa shape index (κ3) is 2.14. The Bertz CT molecular complexity index is 425. The number of piperazine rings is 1. The molecular formula is C13H21N3O3. The number of carbonyl (C=O) groups is 3. The predicted octanol–water partition coefficient (Wildman–Crippen LogP) is -0.218. The fourth-order valence-electron chi connectivity index (χ4n) is 2.81. The van der Waals surface area contributed by atoms with Crippen molar-refractivity contribution >= 4 is 17.7 Å². The molecule has 106 valence electrons. The maximum absolute atomic E-state index is 12.8. The molecule has 0 saturated carbocycles. The Balaban J connectivity index is 2.30. The van der Waals surface area contributed by atoms with E-state index in [0.717, 1.165) is 19.4 Å². The van der Waals surface area contributed by atoms with Crippen LogP contribution in [-0.2, 0) is 14.4 Å². The highest BCUT2D eigenvalue weighted by Crippen LogP contribution is 2.29. The second kappa shape index (κ2) is 4.59. The van der Waals surface area contributed by atoms with E-state index in [9.17, 15) is 14.4 Å². The fraction of sp³-hybridized carbons (Fsp3) is 0.769. The lowest BCUT2D eigenvalue weighted by atomic mass is 9.88. The first kappa shape index (κ1) is 14.0. The Hall–Kier alpha value is -1.43. The smallest absolute Gasteiger partial charge is 0.252 e. The highest BCUT2D eigenvalue weighted by molar-refractivity contribution is 6.07. The van der Waals surface area contributed by atoms with Crippen molar-refractivity contribution in [3.05, 3.63) is 0 Å². The lowest BCUT2D eigenvalue weighted by Gasteiger charge is -2.44. The summed E-state index contributed by atoms with van der Waals surface area (Å²) in [6.07, 6.45) is 2.35. The number of amides is 3. The number of nitrogens with zero attached hydrogens (tertiary/aromatic N) is 1. The fourth-order valence-corrected chi connectivity index (χ4v) is 2.81. The molecule has 1 unspecified atom stereocenters. The van der Waals surface area contributed by atoms with Crippen LogP contribution in [-0.4, -0.2) is 46.8 Å². The number of imide groups is 1. The van der Waals surface area contributed by atoms with Crippen molar-refractivity contribution in [2.75, 3.05) is 13.1 Å². The first-order chi connectivity index (χ1) is 8.83. The molecule has 2 aliphatic rings. The highest BCUT2D eigenvalue weighted by atomic mass is 16.2. The van der Waals surface area contributed by atoms with Crippen molar-refractivity contribution in [1.29, 1.82) is 0 Å². The van der Waals surface area contributed by atoms with Gasteiger partial charge >= 0.3 is 0 Å². The number of carbonyl (C=O) groups excluding carboxylic acids is 3. The maximum atomic E-state index is 12.8. The highest BCUT2D eigenvalue weighted by Gasteiger charge is 2.50. The monoisotopic (exact) mass is 267 g/mol. The average Bonchev–Trinajstić information content (AvgIpc) is 2.83. The van der Waals surface area contributed by atoms with Gasteiger partial charge in [-0.3, -0.25) is 19.7 Å². The average molecular weight is 267 g/mol. The third-order valence-electron chi connectivity index (χ3n) is 4.29. The van der Waals surface area contributed by atoms with E-state index in [1.165, 1.54) is 4.90 Å². The van der Waals surface area contributed by atoms with E-state index < -0.39 is 22.9 Å². The van der Waals surface area contributed by atoms with Gasteiger partial charge in [-0.05, 0) is 39.7 Å². The SMILES string of the molecule is CCC1(C(=O)N2CC(=O)NC(=O)C2(C)C)CCCN1. The molecule has 2 heterocycles. The second-order valence-electron chi connectivity index (χ2n) is 5.79. The van der Waals surface area contributed by atoms with Crippen LogP contribution in [0.3, 0.4) is 0 Å². The van der Waals surface area contributed by atoms with E-state index >= 15 is 0 Å². The van der Waals surface area contributed by atoms with Crippen LogP contribution in [0.5, 0.6) is 0 Å². The maximum Gasteiger partial charge on any atom is 0.252 e. The van der Waals surface area contributed by atoms with Crippen molar-refractivity contribution in [2.45, 2.75) is 51.1 Å². The first-order valence-corrected chi connectivity index (χ1v) is 6.75. The lowest BCUT2D eigenvalue weighted by Crippen LogP contribution is -2.69. The molecule has 2 fully saturated rings. The standard InChI is InChI=1S/C13H21N3O3/c1-4-13(6-5-7-14-13)11(19)16-8-9(17)15-10(18)12(16,2)3/h14H,4-8H2,1-3H3,(H,15,17,18). The molecule has 6 heteroatoms. The molecule has 0 bridgehead atoms. The normalized spacial score (nSPS) is 30.4. The van der Waals surface area contributed by atoms with Gasteiger partial charge in [-0.15, -0.1) is 0 Å². The van der Waals surface area contributed by atoms with Gasteiger partial charge in [-0.25, -0.2) is 0 Å². The minimum Gasteiger partial charge on any atom is -0.318 e. The van der Waals surface area contributed by atoms with Crippen LogP contribution in [0.25, 0.3) is 0 Å². The summed E-state index contributed by atoms with van der Waals surface area (Å²) in [5.74, 6) is -0.969. The Kier molecular flexibility index (Phi) is 3.38. The zero-order valence-electron chi connectivity index (χ0n) is 11.7. The zero-order chi connectivity index (χ0) is 14.3. The molecule has 19 heavy (non-hydrogen) atoms. The van der Waals surface area contributed by atoms with Crippen LogP contribution in [0, 0.1) is 0 Å². The van der Waals surface area contributed by atoms with Gasteiger partial charge < -0.3 is 10.2 Å². The summed E-state index contributed by atoms with van der Waals surface area (Å²) >= 11 is 0. The molecule has 2 rings (SSSR count). The molecule has 6 nitrogen and oxygen atoms in total. The van der Waals surface area contributed by atoms with Crippen LogP contribution >= 0.6 is 0 Å². The molecule has 0 aromatic carbocycles. The first-order valence-electron chi connectivity index (χ1n) is 6.75. The topological polar surface area (TPSA) is 78.5 Å². The zero-order valence-corrected chi connectivity index (χ0v) is 11.7. The Morgan fingerprint density at radius 3 is 2.58 bits per heavy atom. The molecule has 3 amide bonds. The molecule has 2 aliphatic heterocycles.